The van der Waals surface area contributed by atoms with E-state index in [0.717, 1.165) is 11.3 Å². The topological polar surface area (TPSA) is 95.4 Å². The fourth-order valence-electron chi connectivity index (χ4n) is 1.82. The van der Waals surface area contributed by atoms with E-state index in [1.54, 1.807) is 23.0 Å². The number of tetrazole rings is 1. The summed E-state index contributed by atoms with van der Waals surface area (Å²) in [6, 6.07) is 7.20. The molecule has 1 aromatic carbocycles. The molecule has 0 fully saturated rings. The minimum Gasteiger partial charge on any atom is -0.368 e. The van der Waals surface area contributed by atoms with E-state index in [2.05, 4.69) is 25.5 Å². The van der Waals surface area contributed by atoms with Crippen LogP contribution in [0.1, 0.15) is 5.69 Å². The van der Waals surface area contributed by atoms with Gasteiger partial charge in [-0.15, -0.1) is 5.10 Å². The second-order valence-electron chi connectivity index (χ2n) is 4.12. The summed E-state index contributed by atoms with van der Waals surface area (Å²) in [6.07, 6.45) is 1.61. The van der Waals surface area contributed by atoms with Crippen LogP contribution in [0.4, 0.5) is 5.95 Å². The predicted molar refractivity (Wildman–Crippen MR) is 74.3 cm³/mol. The zero-order valence-corrected chi connectivity index (χ0v) is 11.3. The highest BCUT2D eigenvalue weighted by Crippen LogP contribution is 2.22. The largest absolute Gasteiger partial charge is 0.368 e. The monoisotopic (exact) mass is 287 g/mol. The molecule has 0 radical (unpaired) electrons. The Hall–Kier alpha value is -2.54. The minimum atomic E-state index is 0.219. The highest BCUT2D eigenvalue weighted by Gasteiger charge is 2.14. The zero-order chi connectivity index (χ0) is 14.1. The molecular weight excluding hydrogens is 278 g/mol. The molecule has 3 aromatic rings. The summed E-state index contributed by atoms with van der Waals surface area (Å²) in [5, 5.41) is 12.4. The van der Waals surface area contributed by atoms with Gasteiger partial charge in [0.2, 0.25) is 5.95 Å². The van der Waals surface area contributed by atoms with Crippen LogP contribution in [0.5, 0.6) is 0 Å². The first-order chi connectivity index (χ1) is 9.65. The summed E-state index contributed by atoms with van der Waals surface area (Å²) in [5.41, 5.74) is 7.78. The van der Waals surface area contributed by atoms with Crippen molar-refractivity contribution >= 4 is 17.5 Å². The standard InChI is InChI=1S/C12H10ClN7/c1-7-10(6-15-12(14)16-7)11-17-18-19-20(11)9-4-2-8(13)3-5-9/h2-6H,1H3,(H2,14,15,16). The number of nitrogens with two attached hydrogens (primary N) is 1. The van der Waals surface area contributed by atoms with Gasteiger partial charge < -0.3 is 5.73 Å². The maximum atomic E-state index is 5.88. The molecule has 0 bridgehead atoms. The number of rotatable bonds is 2. The first kappa shape index (κ1) is 12.5. The van der Waals surface area contributed by atoms with E-state index < -0.39 is 0 Å². The van der Waals surface area contributed by atoms with Crippen LogP contribution in [0.25, 0.3) is 17.1 Å². The van der Waals surface area contributed by atoms with Gasteiger partial charge in [0.25, 0.3) is 0 Å². The molecule has 0 amide bonds. The second-order valence-corrected chi connectivity index (χ2v) is 4.55. The smallest absolute Gasteiger partial charge is 0.220 e. The molecule has 8 heteroatoms. The number of hydrogen-bond acceptors (Lipinski definition) is 6. The fourth-order valence-corrected chi connectivity index (χ4v) is 1.94. The highest BCUT2D eigenvalue weighted by molar-refractivity contribution is 6.30. The van der Waals surface area contributed by atoms with E-state index in [0.29, 0.717) is 16.5 Å². The van der Waals surface area contributed by atoms with Crippen molar-refractivity contribution in [3.05, 3.63) is 41.2 Å². The molecule has 0 aliphatic rings. The Bertz CT molecular complexity index is 751. The van der Waals surface area contributed by atoms with E-state index in [9.17, 15) is 0 Å². The normalized spacial score (nSPS) is 10.7. The van der Waals surface area contributed by atoms with Crippen molar-refractivity contribution < 1.29 is 0 Å². The molecule has 0 aliphatic carbocycles. The van der Waals surface area contributed by atoms with Crippen LogP contribution >= 0.6 is 11.6 Å². The molecule has 0 saturated carbocycles. The zero-order valence-electron chi connectivity index (χ0n) is 10.5. The lowest BCUT2D eigenvalue weighted by atomic mass is 10.2. The Labute approximate surface area is 119 Å². The number of aromatic nitrogens is 6. The van der Waals surface area contributed by atoms with E-state index in [1.807, 2.05) is 19.1 Å². The number of nitrogens with zero attached hydrogens (tertiary/aromatic N) is 6. The molecule has 0 atom stereocenters. The van der Waals surface area contributed by atoms with Crippen LogP contribution in [0.2, 0.25) is 5.02 Å². The van der Waals surface area contributed by atoms with Crippen LogP contribution in [0, 0.1) is 6.92 Å². The molecule has 0 spiro atoms. The quantitative estimate of drug-likeness (QED) is 0.770. The Morgan fingerprint density at radius 1 is 1.20 bits per heavy atom. The summed E-state index contributed by atoms with van der Waals surface area (Å²) < 4.78 is 1.60. The Kier molecular flexibility index (Phi) is 3.03. The number of hydrogen-bond donors (Lipinski definition) is 1. The second kappa shape index (κ2) is 4.86. The van der Waals surface area contributed by atoms with Crippen molar-refractivity contribution in [2.75, 3.05) is 5.73 Å². The van der Waals surface area contributed by atoms with Gasteiger partial charge >= 0.3 is 0 Å². The third-order valence-electron chi connectivity index (χ3n) is 2.78. The van der Waals surface area contributed by atoms with Crippen LogP contribution in [0.3, 0.4) is 0 Å². The highest BCUT2D eigenvalue weighted by atomic mass is 35.5. The van der Waals surface area contributed by atoms with Gasteiger partial charge in [-0.1, -0.05) is 11.6 Å². The molecular formula is C12H10ClN7. The lowest BCUT2D eigenvalue weighted by Crippen LogP contribution is -2.03. The summed E-state index contributed by atoms with van der Waals surface area (Å²) in [5.74, 6) is 0.765. The molecule has 100 valence electrons. The van der Waals surface area contributed by atoms with Crippen molar-refractivity contribution in [2.45, 2.75) is 6.92 Å². The average Bonchev–Trinajstić information content (AvgIpc) is 2.88. The third-order valence-corrected chi connectivity index (χ3v) is 3.03. The SMILES string of the molecule is Cc1nc(N)ncc1-c1nnnn1-c1ccc(Cl)cc1. The van der Waals surface area contributed by atoms with Crippen LogP contribution in [0.15, 0.2) is 30.5 Å². The molecule has 0 saturated heterocycles. The Morgan fingerprint density at radius 3 is 2.65 bits per heavy atom. The number of benzene rings is 1. The van der Waals surface area contributed by atoms with Crippen molar-refractivity contribution in [1.29, 1.82) is 0 Å². The molecule has 0 aliphatic heterocycles. The van der Waals surface area contributed by atoms with Crippen LogP contribution in [-0.4, -0.2) is 30.2 Å². The van der Waals surface area contributed by atoms with Gasteiger partial charge in [-0.2, -0.15) is 4.68 Å². The van der Waals surface area contributed by atoms with Gasteiger partial charge in [0.1, 0.15) is 0 Å². The van der Waals surface area contributed by atoms with Gasteiger partial charge in [0.05, 0.1) is 16.9 Å². The Balaban J connectivity index is 2.12. The lowest BCUT2D eigenvalue weighted by Gasteiger charge is -2.06. The minimum absolute atomic E-state index is 0.219. The maximum absolute atomic E-state index is 5.88. The first-order valence-electron chi connectivity index (χ1n) is 5.79. The number of halogens is 1. The first-order valence-corrected chi connectivity index (χ1v) is 6.17. The predicted octanol–water partition coefficient (Wildman–Crippen LogP) is 1.66. The number of nitrogen functional groups attached to an aromatic ring is 1. The summed E-state index contributed by atoms with van der Waals surface area (Å²) in [4.78, 5) is 8.10. The fraction of sp³-hybridized carbons (Fsp3) is 0.0833. The summed E-state index contributed by atoms with van der Waals surface area (Å²) in [6.45, 7) is 1.83. The Morgan fingerprint density at radius 2 is 1.95 bits per heavy atom. The van der Waals surface area contributed by atoms with E-state index in [1.165, 1.54) is 0 Å². The van der Waals surface area contributed by atoms with Gasteiger partial charge in [0, 0.05) is 11.2 Å². The van der Waals surface area contributed by atoms with Crippen molar-refractivity contribution in [3.8, 4) is 17.1 Å². The molecule has 0 unspecified atom stereocenters. The summed E-state index contributed by atoms with van der Waals surface area (Å²) >= 11 is 5.88. The molecule has 2 heterocycles. The van der Waals surface area contributed by atoms with Gasteiger partial charge in [-0.25, -0.2) is 9.97 Å². The molecule has 2 N–H and O–H groups in total. The number of aryl methyl sites for hydroxylation is 1. The van der Waals surface area contributed by atoms with Gasteiger partial charge in [0.15, 0.2) is 5.82 Å². The molecule has 7 nitrogen and oxygen atoms in total. The maximum Gasteiger partial charge on any atom is 0.220 e. The summed E-state index contributed by atoms with van der Waals surface area (Å²) in [7, 11) is 0. The van der Waals surface area contributed by atoms with Gasteiger partial charge in [-0.3, -0.25) is 0 Å². The van der Waals surface area contributed by atoms with Gasteiger partial charge in [-0.05, 0) is 41.6 Å². The van der Waals surface area contributed by atoms with E-state index in [4.69, 9.17) is 17.3 Å². The molecule has 20 heavy (non-hydrogen) atoms. The van der Waals surface area contributed by atoms with E-state index >= 15 is 0 Å². The third kappa shape index (κ3) is 2.19. The lowest BCUT2D eigenvalue weighted by molar-refractivity contribution is 0.791. The average molecular weight is 288 g/mol. The van der Waals surface area contributed by atoms with Crippen molar-refractivity contribution in [3.63, 3.8) is 0 Å². The van der Waals surface area contributed by atoms with Crippen molar-refractivity contribution in [1.82, 2.24) is 30.2 Å². The van der Waals surface area contributed by atoms with E-state index in [-0.39, 0.29) is 5.95 Å². The van der Waals surface area contributed by atoms with Crippen molar-refractivity contribution in [2.24, 2.45) is 0 Å². The number of anilines is 1. The molecule has 3 rings (SSSR count). The molecule has 2 aromatic heterocycles. The van der Waals surface area contributed by atoms with Crippen LogP contribution in [-0.2, 0) is 0 Å². The van der Waals surface area contributed by atoms with Crippen LogP contribution < -0.4 is 5.73 Å².